The van der Waals surface area contributed by atoms with E-state index in [-0.39, 0.29) is 11.3 Å². The van der Waals surface area contributed by atoms with E-state index in [9.17, 15) is 4.79 Å². The number of hydrogen-bond acceptors (Lipinski definition) is 2. The van der Waals surface area contributed by atoms with Crippen LogP contribution in [0.5, 0.6) is 0 Å². The van der Waals surface area contributed by atoms with Gasteiger partial charge in [0.2, 0.25) is 0 Å². The van der Waals surface area contributed by atoms with Gasteiger partial charge in [-0.1, -0.05) is 39.0 Å². The first-order valence-corrected chi connectivity index (χ1v) is 7.05. The molecule has 1 aromatic rings. The van der Waals surface area contributed by atoms with Crippen molar-refractivity contribution in [3.63, 3.8) is 0 Å². The van der Waals surface area contributed by atoms with Gasteiger partial charge >= 0.3 is 0 Å². The fourth-order valence-corrected chi connectivity index (χ4v) is 2.49. The fourth-order valence-electron chi connectivity index (χ4n) is 2.49. The van der Waals surface area contributed by atoms with Crippen molar-refractivity contribution in [2.75, 3.05) is 26.2 Å². The van der Waals surface area contributed by atoms with E-state index in [1.807, 2.05) is 23.1 Å². The van der Waals surface area contributed by atoms with Crippen LogP contribution in [-0.2, 0) is 6.42 Å². The normalized spacial score (nSPS) is 16.5. The van der Waals surface area contributed by atoms with E-state index in [1.54, 1.807) is 0 Å². The van der Waals surface area contributed by atoms with Crippen molar-refractivity contribution in [3.8, 4) is 0 Å². The highest BCUT2D eigenvalue weighted by Crippen LogP contribution is 2.23. The van der Waals surface area contributed by atoms with Crippen LogP contribution in [0.25, 0.3) is 0 Å². The lowest BCUT2D eigenvalue weighted by Gasteiger charge is -2.29. The van der Waals surface area contributed by atoms with E-state index in [0.29, 0.717) is 0 Å². The molecule has 0 aromatic heterocycles. The van der Waals surface area contributed by atoms with Crippen molar-refractivity contribution >= 4 is 5.91 Å². The largest absolute Gasteiger partial charge is 0.336 e. The van der Waals surface area contributed by atoms with Gasteiger partial charge in [-0.15, -0.1) is 0 Å². The molecule has 0 bridgehead atoms. The number of nitrogens with one attached hydrogen (secondary N) is 1. The van der Waals surface area contributed by atoms with Crippen LogP contribution in [0.15, 0.2) is 24.3 Å². The molecule has 1 saturated heterocycles. The Bertz CT molecular complexity index is 442. The van der Waals surface area contributed by atoms with Crippen molar-refractivity contribution in [1.29, 1.82) is 0 Å². The second-order valence-electron chi connectivity index (χ2n) is 6.44. The van der Waals surface area contributed by atoms with Crippen LogP contribution in [0.3, 0.4) is 0 Å². The molecule has 1 aliphatic heterocycles. The number of carbonyl (C=O) groups is 1. The molecule has 0 saturated carbocycles. The number of rotatable bonds is 2. The molecule has 1 fully saturated rings. The smallest absolute Gasteiger partial charge is 0.254 e. The average molecular weight is 260 g/mol. The number of piperazine rings is 1. The van der Waals surface area contributed by atoms with Crippen LogP contribution in [0.2, 0.25) is 0 Å². The Morgan fingerprint density at radius 2 is 1.84 bits per heavy atom. The monoisotopic (exact) mass is 260 g/mol. The third-order valence-corrected chi connectivity index (χ3v) is 3.37. The second kappa shape index (κ2) is 5.74. The lowest BCUT2D eigenvalue weighted by atomic mass is 9.86. The van der Waals surface area contributed by atoms with Crippen molar-refractivity contribution in [1.82, 2.24) is 10.2 Å². The van der Waals surface area contributed by atoms with Crippen molar-refractivity contribution in [2.24, 2.45) is 5.41 Å². The lowest BCUT2D eigenvalue weighted by Crippen LogP contribution is -2.46. The van der Waals surface area contributed by atoms with Gasteiger partial charge in [0.1, 0.15) is 0 Å². The molecule has 3 heteroatoms. The molecule has 0 radical (unpaired) electrons. The Kier molecular flexibility index (Phi) is 4.25. The van der Waals surface area contributed by atoms with E-state index in [4.69, 9.17) is 0 Å². The van der Waals surface area contributed by atoms with Crippen molar-refractivity contribution in [3.05, 3.63) is 35.4 Å². The summed E-state index contributed by atoms with van der Waals surface area (Å²) in [5.74, 6) is 0.182. The second-order valence-corrected chi connectivity index (χ2v) is 6.44. The number of benzene rings is 1. The molecule has 0 atom stereocenters. The summed E-state index contributed by atoms with van der Waals surface area (Å²) in [5, 5.41) is 3.28. The zero-order chi connectivity index (χ0) is 13.9. The predicted octanol–water partition coefficient (Wildman–Crippen LogP) is 2.32. The zero-order valence-corrected chi connectivity index (χ0v) is 12.2. The van der Waals surface area contributed by atoms with Gasteiger partial charge in [0.05, 0.1) is 0 Å². The molecule has 1 heterocycles. The Labute approximate surface area is 116 Å². The summed E-state index contributed by atoms with van der Waals surface area (Å²) in [6.07, 6.45) is 0.932. The highest BCUT2D eigenvalue weighted by Gasteiger charge is 2.22. The van der Waals surface area contributed by atoms with Crippen molar-refractivity contribution < 1.29 is 4.79 Å². The quantitative estimate of drug-likeness (QED) is 0.885. The first-order chi connectivity index (χ1) is 8.97. The first kappa shape index (κ1) is 14.1. The number of nitrogens with zero attached hydrogens (tertiary/aromatic N) is 1. The van der Waals surface area contributed by atoms with Crippen molar-refractivity contribution in [2.45, 2.75) is 27.2 Å². The van der Waals surface area contributed by atoms with Gasteiger partial charge in [0.15, 0.2) is 0 Å². The van der Waals surface area contributed by atoms with Crippen LogP contribution in [0.4, 0.5) is 0 Å². The summed E-state index contributed by atoms with van der Waals surface area (Å²) in [7, 11) is 0. The molecule has 0 aliphatic carbocycles. The van der Waals surface area contributed by atoms with Crippen LogP contribution < -0.4 is 5.32 Å². The molecular formula is C16H24N2O. The number of carbonyl (C=O) groups excluding carboxylic acids is 1. The fraction of sp³-hybridized carbons (Fsp3) is 0.562. The van der Waals surface area contributed by atoms with E-state index in [1.165, 1.54) is 5.56 Å². The summed E-state index contributed by atoms with van der Waals surface area (Å²) in [6.45, 7) is 10.0. The van der Waals surface area contributed by atoms with Gasteiger partial charge in [-0.2, -0.15) is 0 Å². The summed E-state index contributed by atoms with van der Waals surface area (Å²) in [6, 6.07) is 8.03. The Morgan fingerprint density at radius 1 is 1.21 bits per heavy atom. The molecule has 104 valence electrons. The molecule has 0 unspecified atom stereocenters. The third kappa shape index (κ3) is 3.80. The molecule has 1 aliphatic rings. The lowest BCUT2D eigenvalue weighted by molar-refractivity contribution is 0.0734. The Balaban J connectivity index is 2.21. The summed E-state index contributed by atoms with van der Waals surface area (Å²) < 4.78 is 0. The number of amides is 1. The van der Waals surface area contributed by atoms with Crippen LogP contribution in [-0.4, -0.2) is 37.0 Å². The van der Waals surface area contributed by atoms with E-state index in [0.717, 1.165) is 38.2 Å². The molecule has 0 spiro atoms. The van der Waals surface area contributed by atoms with E-state index < -0.39 is 0 Å². The molecular weight excluding hydrogens is 236 g/mol. The SMILES string of the molecule is CC(C)(C)Cc1ccccc1C(=O)N1CCNCC1. The molecule has 19 heavy (non-hydrogen) atoms. The summed E-state index contributed by atoms with van der Waals surface area (Å²) in [4.78, 5) is 14.6. The van der Waals surface area contributed by atoms with Crippen LogP contribution >= 0.6 is 0 Å². The molecule has 3 nitrogen and oxygen atoms in total. The molecule has 2 rings (SSSR count). The highest BCUT2D eigenvalue weighted by atomic mass is 16.2. The van der Waals surface area contributed by atoms with Gasteiger partial charge in [-0.3, -0.25) is 4.79 Å². The van der Waals surface area contributed by atoms with Crippen LogP contribution in [0.1, 0.15) is 36.7 Å². The van der Waals surface area contributed by atoms with Gasteiger partial charge in [-0.25, -0.2) is 0 Å². The maximum atomic E-state index is 12.6. The Morgan fingerprint density at radius 3 is 2.47 bits per heavy atom. The zero-order valence-electron chi connectivity index (χ0n) is 12.2. The molecule has 1 aromatic carbocycles. The van der Waals surface area contributed by atoms with E-state index >= 15 is 0 Å². The van der Waals surface area contributed by atoms with E-state index in [2.05, 4.69) is 32.2 Å². The van der Waals surface area contributed by atoms with Gasteiger partial charge in [0, 0.05) is 31.7 Å². The minimum Gasteiger partial charge on any atom is -0.336 e. The Hall–Kier alpha value is -1.35. The first-order valence-electron chi connectivity index (χ1n) is 7.05. The molecule has 1 N–H and O–H groups in total. The highest BCUT2D eigenvalue weighted by molar-refractivity contribution is 5.95. The summed E-state index contributed by atoms with van der Waals surface area (Å²) in [5.41, 5.74) is 2.23. The molecule has 1 amide bonds. The summed E-state index contributed by atoms with van der Waals surface area (Å²) >= 11 is 0. The average Bonchev–Trinajstić information content (AvgIpc) is 2.38. The standard InChI is InChI=1S/C16H24N2O/c1-16(2,3)12-13-6-4-5-7-14(13)15(19)18-10-8-17-9-11-18/h4-7,17H,8-12H2,1-3H3. The maximum Gasteiger partial charge on any atom is 0.254 e. The topological polar surface area (TPSA) is 32.3 Å². The number of hydrogen-bond donors (Lipinski definition) is 1. The predicted molar refractivity (Wildman–Crippen MR) is 78.4 cm³/mol. The van der Waals surface area contributed by atoms with Gasteiger partial charge in [0.25, 0.3) is 5.91 Å². The maximum absolute atomic E-state index is 12.6. The third-order valence-electron chi connectivity index (χ3n) is 3.37. The van der Waals surface area contributed by atoms with Gasteiger partial charge in [-0.05, 0) is 23.5 Å². The van der Waals surface area contributed by atoms with Crippen LogP contribution in [0, 0.1) is 5.41 Å². The van der Waals surface area contributed by atoms with Gasteiger partial charge < -0.3 is 10.2 Å². The minimum atomic E-state index is 0.182. The minimum absolute atomic E-state index is 0.182.